The van der Waals surface area contributed by atoms with E-state index in [1.54, 1.807) is 0 Å². The maximum Gasteiger partial charge on any atom is 0.417 e. The molecule has 0 radical (unpaired) electrons. The van der Waals surface area contributed by atoms with Crippen LogP contribution in [0.4, 0.5) is 19.0 Å². The summed E-state index contributed by atoms with van der Waals surface area (Å²) in [6, 6.07) is 0.902. The van der Waals surface area contributed by atoms with Gasteiger partial charge in [-0.2, -0.15) is 13.2 Å². The van der Waals surface area contributed by atoms with Crippen LogP contribution in [0.2, 0.25) is 5.02 Å². The lowest BCUT2D eigenvalue weighted by Crippen LogP contribution is -2.41. The van der Waals surface area contributed by atoms with Gasteiger partial charge in [0.05, 0.1) is 23.8 Å². The molecule has 2 aliphatic heterocycles. The minimum Gasteiger partial charge on any atom is -0.379 e. The number of morpholine rings is 1. The molecule has 0 unspecified atom stereocenters. The number of hydrogen-bond acceptors (Lipinski definition) is 5. The molecule has 0 aromatic carbocycles. The molecule has 6 nitrogen and oxygen atoms in total. The molecule has 0 aliphatic carbocycles. The molecule has 2 aliphatic rings. The highest BCUT2D eigenvalue weighted by molar-refractivity contribution is 6.33. The third-order valence-corrected chi connectivity index (χ3v) is 5.90. The minimum atomic E-state index is -4.47. The van der Waals surface area contributed by atoms with Gasteiger partial charge in [-0.05, 0) is 38.3 Å². The molecule has 2 fully saturated rings. The van der Waals surface area contributed by atoms with E-state index in [2.05, 4.69) is 15.2 Å². The molecule has 1 aromatic heterocycles. The molecule has 10 heteroatoms. The molecule has 1 amide bonds. The third-order valence-electron chi connectivity index (χ3n) is 5.62. The van der Waals surface area contributed by atoms with Crippen molar-refractivity contribution in [2.75, 3.05) is 57.4 Å². The molecule has 0 spiro atoms. The van der Waals surface area contributed by atoms with Gasteiger partial charge in [0, 0.05) is 44.8 Å². The van der Waals surface area contributed by atoms with Crippen LogP contribution in [-0.4, -0.2) is 68.3 Å². The first kappa shape index (κ1) is 23.1. The highest BCUT2D eigenvalue weighted by Gasteiger charge is 2.33. The van der Waals surface area contributed by atoms with E-state index in [0.717, 1.165) is 58.0 Å². The quantitative estimate of drug-likeness (QED) is 0.649. The topological polar surface area (TPSA) is 57.7 Å². The number of carbonyl (C=O) groups excluding carboxylic acids is 1. The van der Waals surface area contributed by atoms with Crippen LogP contribution in [0, 0.1) is 5.92 Å². The molecule has 0 bridgehead atoms. The zero-order valence-corrected chi connectivity index (χ0v) is 17.6. The Morgan fingerprint density at radius 2 is 1.90 bits per heavy atom. The van der Waals surface area contributed by atoms with E-state index >= 15 is 0 Å². The van der Waals surface area contributed by atoms with E-state index in [4.69, 9.17) is 16.3 Å². The normalized spacial score (nSPS) is 19.1. The lowest BCUT2D eigenvalue weighted by atomic mass is 9.96. The van der Waals surface area contributed by atoms with Crippen LogP contribution in [0.15, 0.2) is 12.3 Å². The van der Waals surface area contributed by atoms with Crippen molar-refractivity contribution in [3.05, 3.63) is 22.8 Å². The molecule has 0 atom stereocenters. The number of piperidine rings is 1. The van der Waals surface area contributed by atoms with Crippen LogP contribution in [0.5, 0.6) is 0 Å². The van der Waals surface area contributed by atoms with Gasteiger partial charge in [0.25, 0.3) is 0 Å². The molecule has 2 saturated heterocycles. The van der Waals surface area contributed by atoms with Crippen LogP contribution in [0.3, 0.4) is 0 Å². The van der Waals surface area contributed by atoms with Crippen molar-refractivity contribution in [1.29, 1.82) is 0 Å². The van der Waals surface area contributed by atoms with Crippen LogP contribution < -0.4 is 10.2 Å². The summed E-state index contributed by atoms with van der Waals surface area (Å²) in [4.78, 5) is 20.5. The van der Waals surface area contributed by atoms with E-state index < -0.39 is 11.7 Å². The molecular weight excluding hydrogens is 421 g/mol. The Bertz CT molecular complexity index is 706. The summed E-state index contributed by atoms with van der Waals surface area (Å²) in [5.74, 6) is 0.299. The van der Waals surface area contributed by atoms with Gasteiger partial charge in [0.2, 0.25) is 5.91 Å². The molecule has 3 heterocycles. The van der Waals surface area contributed by atoms with Crippen molar-refractivity contribution in [1.82, 2.24) is 15.2 Å². The number of amides is 1. The number of alkyl halides is 3. The van der Waals surface area contributed by atoms with Crippen LogP contribution in [0.1, 0.15) is 31.2 Å². The SMILES string of the molecule is O=C(NCCCCN1CCOCC1)C1CCN(c2ncc(C(F)(F)F)cc2Cl)CC1. The summed E-state index contributed by atoms with van der Waals surface area (Å²) in [5.41, 5.74) is -0.862. The number of hydrogen-bond donors (Lipinski definition) is 1. The average Bonchev–Trinajstić information content (AvgIpc) is 2.73. The van der Waals surface area contributed by atoms with Gasteiger partial charge < -0.3 is 15.0 Å². The van der Waals surface area contributed by atoms with Gasteiger partial charge >= 0.3 is 6.18 Å². The van der Waals surface area contributed by atoms with Crippen molar-refractivity contribution in [3.8, 4) is 0 Å². The van der Waals surface area contributed by atoms with Crippen molar-refractivity contribution in [3.63, 3.8) is 0 Å². The van der Waals surface area contributed by atoms with E-state index in [1.165, 1.54) is 0 Å². The first-order valence-corrected chi connectivity index (χ1v) is 10.8. The average molecular weight is 449 g/mol. The fraction of sp³-hybridized carbons (Fsp3) is 0.700. The highest BCUT2D eigenvalue weighted by atomic mass is 35.5. The molecular formula is C20H28ClF3N4O2. The zero-order chi connectivity index (χ0) is 21.6. The molecule has 3 rings (SSSR count). The Morgan fingerprint density at radius 3 is 2.53 bits per heavy atom. The lowest BCUT2D eigenvalue weighted by Gasteiger charge is -2.32. The van der Waals surface area contributed by atoms with Crippen LogP contribution in [-0.2, 0) is 15.7 Å². The number of rotatable bonds is 7. The lowest BCUT2D eigenvalue weighted by molar-refractivity contribution is -0.137. The number of nitrogens with zero attached hydrogens (tertiary/aromatic N) is 3. The second-order valence-electron chi connectivity index (χ2n) is 7.74. The first-order chi connectivity index (χ1) is 14.3. The Balaban J connectivity index is 1.37. The van der Waals surface area contributed by atoms with Crippen molar-refractivity contribution >= 4 is 23.3 Å². The van der Waals surface area contributed by atoms with Gasteiger partial charge in [-0.3, -0.25) is 9.69 Å². The standard InChI is InChI=1S/C20H28ClF3N4O2/c21-17-13-16(20(22,23)24)14-26-18(17)28-7-3-15(4-8-28)19(29)25-5-1-2-6-27-9-11-30-12-10-27/h13-15H,1-12H2,(H,25,29). The maximum atomic E-state index is 12.8. The fourth-order valence-corrected chi connectivity index (χ4v) is 4.10. The Labute approximate surface area is 179 Å². The summed E-state index contributed by atoms with van der Waals surface area (Å²) < 4.78 is 43.6. The van der Waals surface area contributed by atoms with Gasteiger partial charge in [0.1, 0.15) is 5.82 Å². The molecule has 1 N–H and O–H groups in total. The van der Waals surface area contributed by atoms with Gasteiger partial charge in [0.15, 0.2) is 0 Å². The van der Waals surface area contributed by atoms with Gasteiger partial charge in [-0.15, -0.1) is 0 Å². The van der Waals surface area contributed by atoms with Crippen molar-refractivity contribution in [2.45, 2.75) is 31.9 Å². The fourth-order valence-electron chi connectivity index (χ4n) is 3.81. The van der Waals surface area contributed by atoms with Gasteiger partial charge in [-0.25, -0.2) is 4.98 Å². The summed E-state index contributed by atoms with van der Waals surface area (Å²) in [6.45, 7) is 6.30. The Hall–Kier alpha value is -1.58. The highest BCUT2D eigenvalue weighted by Crippen LogP contribution is 2.34. The maximum absolute atomic E-state index is 12.8. The van der Waals surface area contributed by atoms with Gasteiger partial charge in [-0.1, -0.05) is 11.6 Å². The van der Waals surface area contributed by atoms with Crippen LogP contribution in [0.25, 0.3) is 0 Å². The number of unbranched alkanes of at least 4 members (excludes halogenated alkanes) is 1. The first-order valence-electron chi connectivity index (χ1n) is 10.4. The smallest absolute Gasteiger partial charge is 0.379 e. The predicted molar refractivity (Wildman–Crippen MR) is 109 cm³/mol. The third kappa shape index (κ3) is 6.46. The molecule has 0 saturated carbocycles. The van der Waals surface area contributed by atoms with E-state index in [-0.39, 0.29) is 16.8 Å². The van der Waals surface area contributed by atoms with E-state index in [1.807, 2.05) is 4.90 Å². The zero-order valence-electron chi connectivity index (χ0n) is 16.9. The molecule has 30 heavy (non-hydrogen) atoms. The second-order valence-corrected chi connectivity index (χ2v) is 8.15. The van der Waals surface area contributed by atoms with E-state index in [9.17, 15) is 18.0 Å². The summed E-state index contributed by atoms with van der Waals surface area (Å²) >= 11 is 6.03. The largest absolute Gasteiger partial charge is 0.417 e. The molecule has 168 valence electrons. The molecule has 1 aromatic rings. The monoisotopic (exact) mass is 448 g/mol. The summed E-state index contributed by atoms with van der Waals surface area (Å²) in [6.07, 6.45) is -0.444. The Kier molecular flexibility index (Phi) is 8.19. The number of carbonyl (C=O) groups is 1. The van der Waals surface area contributed by atoms with Crippen LogP contribution >= 0.6 is 11.6 Å². The number of pyridine rings is 1. The number of aromatic nitrogens is 1. The summed E-state index contributed by atoms with van der Waals surface area (Å²) in [7, 11) is 0. The predicted octanol–water partition coefficient (Wildman–Crippen LogP) is 3.20. The minimum absolute atomic E-state index is 0.0204. The Morgan fingerprint density at radius 1 is 1.20 bits per heavy atom. The van der Waals surface area contributed by atoms with Crippen molar-refractivity contribution in [2.24, 2.45) is 5.92 Å². The number of halogens is 4. The number of ether oxygens (including phenoxy) is 1. The van der Waals surface area contributed by atoms with E-state index in [0.29, 0.717) is 38.3 Å². The number of nitrogens with one attached hydrogen (secondary N) is 1. The van der Waals surface area contributed by atoms with Crippen molar-refractivity contribution < 1.29 is 22.7 Å². The summed E-state index contributed by atoms with van der Waals surface area (Å²) in [5, 5.41) is 2.99. The number of anilines is 1. The second kappa shape index (κ2) is 10.6.